The smallest absolute Gasteiger partial charge is 0.256 e. The summed E-state index contributed by atoms with van der Waals surface area (Å²) in [6.45, 7) is 9.83. The largest absolute Gasteiger partial charge is 0.355 e. The fourth-order valence-electron chi connectivity index (χ4n) is 4.11. The maximum absolute atomic E-state index is 12.6. The van der Waals surface area contributed by atoms with E-state index >= 15 is 0 Å². The van der Waals surface area contributed by atoms with E-state index in [9.17, 15) is 9.59 Å². The summed E-state index contributed by atoms with van der Waals surface area (Å²) in [5.41, 5.74) is 3.27. The summed E-state index contributed by atoms with van der Waals surface area (Å²) in [6.07, 6.45) is 3.03. The molecular formula is C23H30N8O2. The van der Waals surface area contributed by atoms with Gasteiger partial charge in [0.2, 0.25) is 5.91 Å². The Morgan fingerprint density at radius 2 is 1.79 bits per heavy atom. The summed E-state index contributed by atoms with van der Waals surface area (Å²) in [5.74, 6) is 1.49. The van der Waals surface area contributed by atoms with Crippen molar-refractivity contribution in [3.05, 3.63) is 57.5 Å². The zero-order valence-corrected chi connectivity index (χ0v) is 19.6. The first-order valence-corrected chi connectivity index (χ1v) is 11.3. The maximum atomic E-state index is 12.6. The van der Waals surface area contributed by atoms with Crippen LogP contribution in [0.2, 0.25) is 0 Å². The summed E-state index contributed by atoms with van der Waals surface area (Å²) in [5, 5.41) is 16.1. The van der Waals surface area contributed by atoms with Gasteiger partial charge in [0.15, 0.2) is 11.6 Å². The number of nitrogens with zero attached hydrogens (tertiary/aromatic N) is 7. The number of aryl methyl sites for hydroxylation is 3. The minimum atomic E-state index is -0.0602. The van der Waals surface area contributed by atoms with Crippen LogP contribution in [0.1, 0.15) is 35.5 Å². The molecule has 10 nitrogen and oxygen atoms in total. The first kappa shape index (κ1) is 22.6. The van der Waals surface area contributed by atoms with Crippen molar-refractivity contribution in [1.29, 1.82) is 0 Å². The summed E-state index contributed by atoms with van der Waals surface area (Å²) in [6, 6.07) is 5.88. The lowest BCUT2D eigenvalue weighted by Crippen LogP contribution is -2.42. The molecule has 0 spiro atoms. The second-order valence-corrected chi connectivity index (χ2v) is 8.59. The summed E-state index contributed by atoms with van der Waals surface area (Å²) in [4.78, 5) is 31.2. The molecule has 1 fully saturated rings. The number of nitrogens with one attached hydrogen (secondary N) is 1. The molecule has 1 aliphatic heterocycles. The van der Waals surface area contributed by atoms with Gasteiger partial charge in [0.1, 0.15) is 0 Å². The lowest BCUT2D eigenvalue weighted by molar-refractivity contribution is -0.125. The van der Waals surface area contributed by atoms with Crippen LogP contribution in [0, 0.1) is 33.6 Å². The third kappa shape index (κ3) is 4.94. The zero-order valence-electron chi connectivity index (χ0n) is 19.6. The Kier molecular flexibility index (Phi) is 6.52. The van der Waals surface area contributed by atoms with Crippen LogP contribution in [0.3, 0.4) is 0 Å². The van der Waals surface area contributed by atoms with E-state index < -0.39 is 0 Å². The number of rotatable bonds is 6. The van der Waals surface area contributed by atoms with Gasteiger partial charge in [-0.3, -0.25) is 14.2 Å². The van der Waals surface area contributed by atoms with Gasteiger partial charge in [-0.15, -0.1) is 10.2 Å². The van der Waals surface area contributed by atoms with E-state index in [0.717, 1.165) is 48.8 Å². The molecule has 0 radical (unpaired) electrons. The molecule has 0 bridgehead atoms. The Morgan fingerprint density at radius 1 is 1.09 bits per heavy atom. The van der Waals surface area contributed by atoms with Gasteiger partial charge in [-0.1, -0.05) is 0 Å². The molecule has 1 amide bonds. The van der Waals surface area contributed by atoms with Crippen LogP contribution in [0.15, 0.2) is 29.3 Å². The van der Waals surface area contributed by atoms with Crippen molar-refractivity contribution in [1.82, 2.24) is 34.8 Å². The van der Waals surface area contributed by atoms with Gasteiger partial charge >= 0.3 is 0 Å². The fourth-order valence-corrected chi connectivity index (χ4v) is 4.11. The van der Waals surface area contributed by atoms with Crippen LogP contribution in [0.4, 0.5) is 5.82 Å². The topological polar surface area (TPSA) is 111 Å². The quantitative estimate of drug-likeness (QED) is 0.606. The molecule has 0 saturated carbocycles. The lowest BCUT2D eigenvalue weighted by Gasteiger charge is -2.31. The normalized spacial score (nSPS) is 14.5. The van der Waals surface area contributed by atoms with Gasteiger partial charge in [-0.2, -0.15) is 5.10 Å². The zero-order chi connectivity index (χ0) is 23.5. The van der Waals surface area contributed by atoms with Gasteiger partial charge < -0.3 is 10.2 Å². The number of piperidine rings is 1. The molecule has 4 heterocycles. The van der Waals surface area contributed by atoms with E-state index in [2.05, 4.69) is 30.5 Å². The SMILES string of the molecule is Cc1cc(C)n(-c2ccc(N3CCC(C(=O)NCCn4cnc(C)c(C)c4=O)CC3)nn2)n1. The van der Waals surface area contributed by atoms with E-state index in [0.29, 0.717) is 24.5 Å². The van der Waals surface area contributed by atoms with Crippen LogP contribution >= 0.6 is 0 Å². The van der Waals surface area contributed by atoms with Crippen molar-refractivity contribution in [3.63, 3.8) is 0 Å². The molecule has 4 rings (SSSR count). The van der Waals surface area contributed by atoms with Crippen molar-refractivity contribution in [3.8, 4) is 5.82 Å². The molecule has 0 aliphatic carbocycles. The monoisotopic (exact) mass is 450 g/mol. The van der Waals surface area contributed by atoms with Crippen molar-refractivity contribution in [2.45, 2.75) is 47.1 Å². The second-order valence-electron chi connectivity index (χ2n) is 8.59. The van der Waals surface area contributed by atoms with Crippen LogP contribution in [0.5, 0.6) is 0 Å². The Hall–Kier alpha value is -3.56. The highest BCUT2D eigenvalue weighted by Crippen LogP contribution is 2.22. The fraction of sp³-hybridized carbons (Fsp3) is 0.478. The van der Waals surface area contributed by atoms with Crippen molar-refractivity contribution in [2.75, 3.05) is 24.5 Å². The Balaban J connectivity index is 1.27. The molecule has 10 heteroatoms. The van der Waals surface area contributed by atoms with E-state index in [1.807, 2.05) is 39.0 Å². The number of carbonyl (C=O) groups excluding carboxylic acids is 1. The molecule has 1 N–H and O–H groups in total. The molecule has 1 aliphatic rings. The number of anilines is 1. The van der Waals surface area contributed by atoms with E-state index in [1.54, 1.807) is 16.2 Å². The van der Waals surface area contributed by atoms with Crippen LogP contribution < -0.4 is 15.8 Å². The van der Waals surface area contributed by atoms with E-state index in [4.69, 9.17) is 0 Å². The van der Waals surface area contributed by atoms with Crippen molar-refractivity contribution in [2.24, 2.45) is 5.92 Å². The predicted octanol–water partition coefficient (Wildman–Crippen LogP) is 1.49. The number of amides is 1. The molecule has 33 heavy (non-hydrogen) atoms. The van der Waals surface area contributed by atoms with Crippen molar-refractivity contribution >= 4 is 11.7 Å². The molecule has 0 unspecified atom stereocenters. The average molecular weight is 451 g/mol. The molecular weight excluding hydrogens is 420 g/mol. The number of hydrogen-bond donors (Lipinski definition) is 1. The second kappa shape index (κ2) is 9.51. The van der Waals surface area contributed by atoms with Gasteiger partial charge in [-0.25, -0.2) is 9.67 Å². The Morgan fingerprint density at radius 3 is 2.42 bits per heavy atom. The number of aromatic nitrogens is 6. The minimum absolute atomic E-state index is 0.0328. The van der Waals surface area contributed by atoms with Crippen LogP contribution in [0.25, 0.3) is 5.82 Å². The summed E-state index contributed by atoms with van der Waals surface area (Å²) >= 11 is 0. The van der Waals surface area contributed by atoms with Gasteiger partial charge in [0, 0.05) is 49.0 Å². The number of hydrogen-bond acceptors (Lipinski definition) is 7. The van der Waals surface area contributed by atoms with Gasteiger partial charge in [-0.05, 0) is 58.7 Å². The Labute approximate surface area is 192 Å². The highest BCUT2D eigenvalue weighted by atomic mass is 16.2. The van der Waals surface area contributed by atoms with E-state index in [1.165, 1.54) is 6.33 Å². The standard InChI is InChI=1S/C23H30N8O2/c1-15-13-16(2)31(28-15)21-6-5-20(26-27-21)29-10-7-19(8-11-29)22(32)24-9-12-30-14-25-18(4)17(3)23(30)33/h5-6,13-14,19H,7-12H2,1-4H3,(H,24,32). The molecule has 1 saturated heterocycles. The highest BCUT2D eigenvalue weighted by Gasteiger charge is 2.25. The molecule has 3 aromatic heterocycles. The molecule has 0 atom stereocenters. The molecule has 3 aromatic rings. The average Bonchev–Trinajstić information content (AvgIpc) is 3.17. The maximum Gasteiger partial charge on any atom is 0.256 e. The van der Waals surface area contributed by atoms with Crippen molar-refractivity contribution < 1.29 is 4.79 Å². The summed E-state index contributed by atoms with van der Waals surface area (Å²) in [7, 11) is 0. The number of carbonyl (C=O) groups is 1. The first-order chi connectivity index (χ1) is 15.8. The summed E-state index contributed by atoms with van der Waals surface area (Å²) < 4.78 is 3.32. The van der Waals surface area contributed by atoms with Crippen LogP contribution in [-0.2, 0) is 11.3 Å². The first-order valence-electron chi connectivity index (χ1n) is 11.3. The van der Waals surface area contributed by atoms with Crippen LogP contribution in [-0.4, -0.2) is 55.1 Å². The third-order valence-electron chi connectivity index (χ3n) is 6.22. The third-order valence-corrected chi connectivity index (χ3v) is 6.22. The molecule has 0 aromatic carbocycles. The van der Waals surface area contributed by atoms with E-state index in [-0.39, 0.29) is 17.4 Å². The predicted molar refractivity (Wildman–Crippen MR) is 125 cm³/mol. The van der Waals surface area contributed by atoms with Gasteiger partial charge in [0.25, 0.3) is 5.56 Å². The minimum Gasteiger partial charge on any atom is -0.355 e. The highest BCUT2D eigenvalue weighted by molar-refractivity contribution is 5.78. The Bertz CT molecular complexity index is 1190. The molecule has 174 valence electrons. The lowest BCUT2D eigenvalue weighted by atomic mass is 9.96. The van der Waals surface area contributed by atoms with Gasteiger partial charge in [0.05, 0.1) is 12.0 Å².